The number of aromatic nitrogens is 1. The molecule has 1 aliphatic rings. The number of anilines is 1. The molecule has 0 spiro atoms. The van der Waals surface area contributed by atoms with Gasteiger partial charge in [0.2, 0.25) is 5.75 Å². The maximum absolute atomic E-state index is 14.0. The number of nitrogens with zero attached hydrogens (tertiary/aromatic N) is 3. The molecular weight excluding hydrogens is 505 g/mol. The molecule has 2 heterocycles. The molecule has 0 radical (unpaired) electrons. The highest BCUT2D eigenvalue weighted by Gasteiger charge is 2.35. The summed E-state index contributed by atoms with van der Waals surface area (Å²) in [5.74, 6) is 0.812. The fourth-order valence-electron chi connectivity index (χ4n) is 3.82. The largest absolute Gasteiger partial charge is 0.493 e. The summed E-state index contributed by atoms with van der Waals surface area (Å²) in [5.41, 5.74) is 2.03. The molecule has 0 aliphatic carbocycles. The van der Waals surface area contributed by atoms with E-state index in [0.29, 0.717) is 44.0 Å². The lowest BCUT2D eigenvalue weighted by atomic mass is 10.1. The zero-order valence-corrected chi connectivity index (χ0v) is 21.0. The summed E-state index contributed by atoms with van der Waals surface area (Å²) >= 11 is 7.12. The number of amides is 1. The van der Waals surface area contributed by atoms with Crippen molar-refractivity contribution in [1.82, 2.24) is 4.98 Å². The molecule has 5 rings (SSSR count). The average molecular weight is 524 g/mol. The number of hydrogen-bond donors (Lipinski definition) is 0. The van der Waals surface area contributed by atoms with Gasteiger partial charge < -0.3 is 14.2 Å². The van der Waals surface area contributed by atoms with Gasteiger partial charge in [0, 0.05) is 5.56 Å². The summed E-state index contributed by atoms with van der Waals surface area (Å²) < 4.78 is 30.8. The van der Waals surface area contributed by atoms with Gasteiger partial charge in [-0.15, -0.1) is 0 Å². The third-order valence-corrected chi connectivity index (χ3v) is 6.79. The third kappa shape index (κ3) is 4.16. The summed E-state index contributed by atoms with van der Waals surface area (Å²) in [7, 11) is 4.56. The van der Waals surface area contributed by atoms with Crippen LogP contribution in [0.4, 0.5) is 9.52 Å². The van der Waals surface area contributed by atoms with Crippen molar-refractivity contribution < 1.29 is 23.4 Å². The van der Waals surface area contributed by atoms with Crippen LogP contribution in [0.2, 0.25) is 5.02 Å². The second-order valence-corrected chi connectivity index (χ2v) is 9.08. The maximum Gasteiger partial charge on any atom is 0.284 e. The number of aliphatic imine (C=N–C) groups is 1. The summed E-state index contributed by atoms with van der Waals surface area (Å²) in [5, 5.41) is 0.319. The molecule has 4 aromatic rings. The van der Waals surface area contributed by atoms with Gasteiger partial charge in [0.05, 0.1) is 36.6 Å². The average Bonchev–Trinajstić information content (AvgIpc) is 3.43. The summed E-state index contributed by atoms with van der Waals surface area (Å²) in [6.45, 7) is 0. The summed E-state index contributed by atoms with van der Waals surface area (Å²) in [6, 6.07) is 15.5. The lowest BCUT2D eigenvalue weighted by molar-refractivity contribution is -0.113. The Morgan fingerprint density at radius 2 is 1.69 bits per heavy atom. The Morgan fingerprint density at radius 3 is 2.33 bits per heavy atom. The second kappa shape index (κ2) is 9.60. The van der Waals surface area contributed by atoms with Crippen molar-refractivity contribution in [1.29, 1.82) is 0 Å². The zero-order chi connectivity index (χ0) is 25.4. The van der Waals surface area contributed by atoms with Crippen molar-refractivity contribution in [3.63, 3.8) is 0 Å². The Kier molecular flexibility index (Phi) is 6.34. The molecule has 0 saturated heterocycles. The molecule has 0 bridgehead atoms. The minimum atomic E-state index is -0.549. The number of hydrogen-bond acceptors (Lipinski definition) is 7. The molecule has 3 aromatic carbocycles. The van der Waals surface area contributed by atoms with E-state index in [4.69, 9.17) is 25.8 Å². The fourth-order valence-corrected chi connectivity index (χ4v) is 4.96. The number of methoxy groups -OCH3 is 3. The number of fused-ring (bicyclic) bond motifs is 1. The fraction of sp³-hybridized carbons (Fsp3) is 0.115. The zero-order valence-electron chi connectivity index (χ0n) is 19.4. The Labute approximate surface area is 215 Å². The highest BCUT2D eigenvalue weighted by Crippen LogP contribution is 2.40. The molecule has 10 heteroatoms. The van der Waals surface area contributed by atoms with Gasteiger partial charge in [-0.1, -0.05) is 53.3 Å². The molecule has 0 unspecified atom stereocenters. The quantitative estimate of drug-likeness (QED) is 0.292. The first-order chi connectivity index (χ1) is 17.4. The highest BCUT2D eigenvalue weighted by molar-refractivity contribution is 7.22. The van der Waals surface area contributed by atoms with E-state index in [1.807, 2.05) is 30.3 Å². The summed E-state index contributed by atoms with van der Waals surface area (Å²) in [4.78, 5) is 24.3. The van der Waals surface area contributed by atoms with E-state index < -0.39 is 5.82 Å². The topological polar surface area (TPSA) is 73.2 Å². The van der Waals surface area contributed by atoms with Crippen LogP contribution in [0.3, 0.4) is 0 Å². The van der Waals surface area contributed by atoms with Crippen LogP contribution in [0.5, 0.6) is 17.2 Å². The summed E-state index contributed by atoms with van der Waals surface area (Å²) in [6.07, 6.45) is 1.64. The van der Waals surface area contributed by atoms with E-state index in [1.165, 1.54) is 49.7 Å². The van der Waals surface area contributed by atoms with Crippen LogP contribution in [-0.4, -0.2) is 38.1 Å². The van der Waals surface area contributed by atoms with Gasteiger partial charge in [-0.05, 0) is 35.9 Å². The number of carbonyl (C=O) groups is 1. The van der Waals surface area contributed by atoms with Gasteiger partial charge in [0.1, 0.15) is 17.3 Å². The predicted octanol–water partition coefficient (Wildman–Crippen LogP) is 5.95. The lowest BCUT2D eigenvalue weighted by Crippen LogP contribution is -2.32. The number of thiazole rings is 1. The normalized spacial score (nSPS) is 14.5. The first-order valence-electron chi connectivity index (χ1n) is 10.7. The van der Waals surface area contributed by atoms with E-state index in [9.17, 15) is 9.18 Å². The molecule has 0 N–H and O–H groups in total. The maximum atomic E-state index is 14.0. The molecule has 1 aliphatic heterocycles. The first kappa shape index (κ1) is 23.8. The predicted molar refractivity (Wildman–Crippen MR) is 139 cm³/mol. The van der Waals surface area contributed by atoms with Gasteiger partial charge in [-0.25, -0.2) is 19.3 Å². The Bertz CT molecular complexity index is 1490. The molecule has 1 amide bonds. The second-order valence-electron chi connectivity index (χ2n) is 7.66. The molecular formula is C26H19ClFN3O4S. The van der Waals surface area contributed by atoms with Crippen molar-refractivity contribution in [2.24, 2.45) is 4.99 Å². The van der Waals surface area contributed by atoms with Crippen molar-refractivity contribution in [2.75, 3.05) is 26.2 Å². The van der Waals surface area contributed by atoms with Crippen LogP contribution in [0.1, 0.15) is 11.1 Å². The lowest BCUT2D eigenvalue weighted by Gasteiger charge is -2.15. The third-order valence-electron chi connectivity index (χ3n) is 5.49. The van der Waals surface area contributed by atoms with Gasteiger partial charge >= 0.3 is 0 Å². The number of benzene rings is 3. The molecule has 0 saturated carbocycles. The minimum absolute atomic E-state index is 0.0352. The minimum Gasteiger partial charge on any atom is -0.493 e. The number of rotatable bonds is 6. The molecule has 0 fully saturated rings. The smallest absolute Gasteiger partial charge is 0.284 e. The van der Waals surface area contributed by atoms with Crippen molar-refractivity contribution in [3.05, 3.63) is 82.3 Å². The number of halogens is 2. The van der Waals surface area contributed by atoms with Gasteiger partial charge in [-0.3, -0.25) is 4.79 Å². The molecule has 7 nitrogen and oxygen atoms in total. The van der Waals surface area contributed by atoms with Crippen molar-refractivity contribution >= 4 is 56.1 Å². The monoisotopic (exact) mass is 523 g/mol. The van der Waals surface area contributed by atoms with E-state index >= 15 is 0 Å². The standard InChI is InChI=1S/C26H19ClFN3O4S/c1-33-20-10-14(11-21(34-2)23(20)35-3)9-19-25(32)31(24(29-19)15-7-5-4-6-8-15)26-30-18-12-16(27)17(28)13-22(18)36-26/h4-13H,1-3H3/b19-9-. The number of carbonyl (C=O) groups excluding carboxylic acids is 1. The first-order valence-corrected chi connectivity index (χ1v) is 11.9. The number of amidine groups is 1. The Hall–Kier alpha value is -3.95. The van der Waals surface area contributed by atoms with Crippen molar-refractivity contribution in [3.8, 4) is 17.2 Å². The van der Waals surface area contributed by atoms with E-state index in [-0.39, 0.29) is 16.6 Å². The Balaban J connectivity index is 1.64. The van der Waals surface area contributed by atoms with Crippen LogP contribution in [-0.2, 0) is 4.79 Å². The van der Waals surface area contributed by atoms with Crippen LogP contribution >= 0.6 is 22.9 Å². The highest BCUT2D eigenvalue weighted by atomic mass is 35.5. The molecule has 1 aromatic heterocycles. The molecule has 0 atom stereocenters. The van der Waals surface area contributed by atoms with E-state index in [2.05, 4.69) is 9.98 Å². The van der Waals surface area contributed by atoms with Gasteiger partial charge in [0.25, 0.3) is 5.91 Å². The van der Waals surface area contributed by atoms with Crippen LogP contribution in [0, 0.1) is 5.82 Å². The van der Waals surface area contributed by atoms with E-state index in [1.54, 1.807) is 18.2 Å². The van der Waals surface area contributed by atoms with Crippen LogP contribution in [0.15, 0.2) is 65.3 Å². The van der Waals surface area contributed by atoms with Gasteiger partial charge in [-0.2, -0.15) is 0 Å². The van der Waals surface area contributed by atoms with Crippen molar-refractivity contribution in [2.45, 2.75) is 0 Å². The Morgan fingerprint density at radius 1 is 1.00 bits per heavy atom. The molecule has 36 heavy (non-hydrogen) atoms. The SMILES string of the molecule is COc1cc(/C=C2\N=C(c3ccccc3)N(c3nc4cc(Cl)c(F)cc4s3)C2=O)cc(OC)c1OC. The van der Waals surface area contributed by atoms with Crippen LogP contribution in [0.25, 0.3) is 16.3 Å². The molecule has 182 valence electrons. The number of ether oxygens (including phenoxy) is 3. The van der Waals surface area contributed by atoms with Crippen LogP contribution < -0.4 is 19.1 Å². The van der Waals surface area contributed by atoms with Gasteiger partial charge in [0.15, 0.2) is 16.6 Å². The van der Waals surface area contributed by atoms with E-state index in [0.717, 1.165) is 5.56 Å².